The first-order valence-corrected chi connectivity index (χ1v) is 6.80. The van der Waals surface area contributed by atoms with Crippen molar-refractivity contribution in [2.24, 2.45) is 0 Å². The summed E-state index contributed by atoms with van der Waals surface area (Å²) in [6.07, 6.45) is 6.71. The zero-order chi connectivity index (χ0) is 13.2. The summed E-state index contributed by atoms with van der Waals surface area (Å²) in [5, 5.41) is 0. The molecule has 3 heteroatoms. The van der Waals surface area contributed by atoms with Gasteiger partial charge in [-0.25, -0.2) is 0 Å². The van der Waals surface area contributed by atoms with Gasteiger partial charge in [-0.15, -0.1) is 0 Å². The average Bonchev–Trinajstić information content (AvgIpc) is 2.92. The molecule has 1 fully saturated rings. The molecule has 0 N–H and O–H groups in total. The fourth-order valence-electron chi connectivity index (χ4n) is 2.73. The molecule has 0 radical (unpaired) electrons. The van der Waals surface area contributed by atoms with E-state index >= 15 is 0 Å². The minimum absolute atomic E-state index is 0.220. The Balaban J connectivity index is 2.32. The van der Waals surface area contributed by atoms with Gasteiger partial charge < -0.3 is 0 Å². The third-order valence-electron chi connectivity index (χ3n) is 4.27. The maximum atomic E-state index is 12.8. The number of ketones is 1. The smallest absolute Gasteiger partial charge is 0.184 e. The van der Waals surface area contributed by atoms with Gasteiger partial charge in [0.05, 0.1) is 5.54 Å². The minimum Gasteiger partial charge on any atom is -0.292 e. The van der Waals surface area contributed by atoms with Gasteiger partial charge in [0.25, 0.3) is 0 Å². The summed E-state index contributed by atoms with van der Waals surface area (Å²) in [4.78, 5) is 19.3. The van der Waals surface area contributed by atoms with Gasteiger partial charge in [0.1, 0.15) is 0 Å². The lowest BCUT2D eigenvalue weighted by Gasteiger charge is -2.37. The molecule has 0 bridgehead atoms. The molecule has 0 aliphatic carbocycles. The number of rotatable bonds is 4. The van der Waals surface area contributed by atoms with Crippen LogP contribution in [0.4, 0.5) is 0 Å². The highest BCUT2D eigenvalue weighted by atomic mass is 16.1. The molecule has 1 aromatic rings. The van der Waals surface area contributed by atoms with Crippen molar-refractivity contribution >= 4 is 5.78 Å². The van der Waals surface area contributed by atoms with Gasteiger partial charge >= 0.3 is 0 Å². The lowest BCUT2D eigenvalue weighted by atomic mass is 9.86. The van der Waals surface area contributed by atoms with Gasteiger partial charge in [0.15, 0.2) is 5.78 Å². The number of aryl methyl sites for hydroxylation is 1. The summed E-state index contributed by atoms with van der Waals surface area (Å²) in [5.74, 6) is 0.220. The zero-order valence-corrected chi connectivity index (χ0v) is 11.6. The molecule has 2 rings (SSSR count). The van der Waals surface area contributed by atoms with Gasteiger partial charge in [0, 0.05) is 18.0 Å². The molecule has 18 heavy (non-hydrogen) atoms. The summed E-state index contributed by atoms with van der Waals surface area (Å²) >= 11 is 0. The van der Waals surface area contributed by atoms with Crippen LogP contribution in [0.3, 0.4) is 0 Å². The van der Waals surface area contributed by atoms with Crippen molar-refractivity contribution in [1.82, 2.24) is 9.88 Å². The highest BCUT2D eigenvalue weighted by molar-refractivity contribution is 6.03. The summed E-state index contributed by atoms with van der Waals surface area (Å²) in [6, 6.07) is 1.91. The number of pyridine rings is 1. The Kier molecular flexibility index (Phi) is 3.81. The predicted molar refractivity (Wildman–Crippen MR) is 72.8 cm³/mol. The number of nitrogens with zero attached hydrogens (tertiary/aromatic N) is 2. The van der Waals surface area contributed by atoms with Crippen molar-refractivity contribution in [3.05, 3.63) is 29.6 Å². The van der Waals surface area contributed by atoms with E-state index in [2.05, 4.69) is 23.7 Å². The highest BCUT2D eigenvalue weighted by Crippen LogP contribution is 2.29. The molecule has 1 atom stereocenters. The van der Waals surface area contributed by atoms with Crippen LogP contribution in [-0.4, -0.2) is 34.3 Å². The second-order valence-electron chi connectivity index (χ2n) is 5.34. The quantitative estimate of drug-likeness (QED) is 0.766. The van der Waals surface area contributed by atoms with Crippen LogP contribution in [0, 0.1) is 6.92 Å². The van der Waals surface area contributed by atoms with Crippen LogP contribution in [0.15, 0.2) is 18.5 Å². The normalized spacial score (nSPS) is 19.7. The van der Waals surface area contributed by atoms with Gasteiger partial charge in [-0.1, -0.05) is 6.92 Å². The SMILES string of the molecule is CCC(C)(C(=O)c1cnccc1C)N1CCCC1. The van der Waals surface area contributed by atoms with E-state index in [0.29, 0.717) is 0 Å². The molecule has 1 unspecified atom stereocenters. The summed E-state index contributed by atoms with van der Waals surface area (Å²) in [6.45, 7) is 8.23. The van der Waals surface area contributed by atoms with Gasteiger partial charge in [0.2, 0.25) is 0 Å². The fourth-order valence-corrected chi connectivity index (χ4v) is 2.73. The number of aromatic nitrogens is 1. The van der Waals surface area contributed by atoms with Crippen LogP contribution in [0.1, 0.15) is 49.0 Å². The second kappa shape index (κ2) is 5.19. The maximum Gasteiger partial charge on any atom is 0.184 e. The molecule has 1 aliphatic heterocycles. The number of hydrogen-bond donors (Lipinski definition) is 0. The van der Waals surface area contributed by atoms with Gasteiger partial charge in [-0.2, -0.15) is 0 Å². The molecule has 0 amide bonds. The Morgan fingerprint density at radius 2 is 2.11 bits per heavy atom. The van der Waals surface area contributed by atoms with Crippen LogP contribution in [0.25, 0.3) is 0 Å². The molecular formula is C15H22N2O. The molecule has 0 spiro atoms. The van der Waals surface area contributed by atoms with E-state index in [1.54, 1.807) is 12.4 Å². The first kappa shape index (κ1) is 13.2. The number of hydrogen-bond acceptors (Lipinski definition) is 3. The zero-order valence-electron chi connectivity index (χ0n) is 11.6. The van der Waals surface area contributed by atoms with Crippen molar-refractivity contribution < 1.29 is 4.79 Å². The Morgan fingerprint density at radius 1 is 1.44 bits per heavy atom. The second-order valence-corrected chi connectivity index (χ2v) is 5.34. The van der Waals surface area contributed by atoms with Crippen LogP contribution >= 0.6 is 0 Å². The van der Waals surface area contributed by atoms with E-state index in [-0.39, 0.29) is 11.3 Å². The molecule has 1 aromatic heterocycles. The summed E-state index contributed by atoms with van der Waals surface area (Å²) < 4.78 is 0. The van der Waals surface area contributed by atoms with Crippen molar-refractivity contribution in [2.45, 2.75) is 45.6 Å². The third-order valence-corrected chi connectivity index (χ3v) is 4.27. The number of carbonyl (C=O) groups is 1. The number of Topliss-reactive ketones (excluding diaryl/α,β-unsaturated/α-hetero) is 1. The lowest BCUT2D eigenvalue weighted by molar-refractivity contribution is 0.0646. The largest absolute Gasteiger partial charge is 0.292 e. The van der Waals surface area contributed by atoms with E-state index in [4.69, 9.17) is 0 Å². The molecule has 1 aliphatic rings. The van der Waals surface area contributed by atoms with Crippen LogP contribution in [0.5, 0.6) is 0 Å². The molecule has 0 aromatic carbocycles. The standard InChI is InChI=1S/C15H22N2O/c1-4-15(3,17-9-5-6-10-17)14(18)13-11-16-8-7-12(13)2/h7-8,11H,4-6,9-10H2,1-3H3. The predicted octanol–water partition coefficient (Wildman–Crippen LogP) is 2.84. The van der Waals surface area contributed by atoms with E-state index in [1.165, 1.54) is 12.8 Å². The first-order valence-electron chi connectivity index (χ1n) is 6.80. The average molecular weight is 246 g/mol. The van der Waals surface area contributed by atoms with Crippen molar-refractivity contribution in [3.8, 4) is 0 Å². The Labute approximate surface area is 109 Å². The van der Waals surface area contributed by atoms with Crippen LogP contribution < -0.4 is 0 Å². The van der Waals surface area contributed by atoms with Crippen molar-refractivity contribution in [3.63, 3.8) is 0 Å². The molecule has 3 nitrogen and oxygen atoms in total. The van der Waals surface area contributed by atoms with E-state index in [1.807, 2.05) is 13.0 Å². The van der Waals surface area contributed by atoms with Gasteiger partial charge in [-0.3, -0.25) is 14.7 Å². The number of likely N-dealkylation sites (tertiary alicyclic amines) is 1. The Bertz CT molecular complexity index is 438. The van der Waals surface area contributed by atoms with Crippen LogP contribution in [-0.2, 0) is 0 Å². The molecule has 98 valence electrons. The Hall–Kier alpha value is -1.22. The number of carbonyl (C=O) groups excluding carboxylic acids is 1. The molecule has 2 heterocycles. The first-order chi connectivity index (χ1) is 8.59. The fraction of sp³-hybridized carbons (Fsp3) is 0.600. The maximum absolute atomic E-state index is 12.8. The highest BCUT2D eigenvalue weighted by Gasteiger charge is 2.39. The molecular weight excluding hydrogens is 224 g/mol. The van der Waals surface area contributed by atoms with Crippen molar-refractivity contribution in [2.75, 3.05) is 13.1 Å². The monoisotopic (exact) mass is 246 g/mol. The van der Waals surface area contributed by atoms with E-state index in [0.717, 1.165) is 30.6 Å². The van der Waals surface area contributed by atoms with Crippen LogP contribution in [0.2, 0.25) is 0 Å². The minimum atomic E-state index is -0.371. The molecule has 1 saturated heterocycles. The van der Waals surface area contributed by atoms with Gasteiger partial charge in [-0.05, 0) is 57.8 Å². The van der Waals surface area contributed by atoms with E-state index < -0.39 is 0 Å². The summed E-state index contributed by atoms with van der Waals surface area (Å²) in [5.41, 5.74) is 1.42. The topological polar surface area (TPSA) is 33.2 Å². The Morgan fingerprint density at radius 3 is 2.67 bits per heavy atom. The third kappa shape index (κ3) is 2.19. The lowest BCUT2D eigenvalue weighted by Crippen LogP contribution is -2.50. The van der Waals surface area contributed by atoms with E-state index in [9.17, 15) is 4.79 Å². The summed E-state index contributed by atoms with van der Waals surface area (Å²) in [7, 11) is 0. The van der Waals surface area contributed by atoms with Crippen molar-refractivity contribution in [1.29, 1.82) is 0 Å². The molecule has 0 saturated carbocycles.